The first-order valence-corrected chi connectivity index (χ1v) is 9.64. The monoisotopic (exact) mass is 408 g/mol. The van der Waals surface area contributed by atoms with E-state index in [4.69, 9.17) is 14.7 Å². The molecule has 0 aromatic heterocycles. The fourth-order valence-corrected chi connectivity index (χ4v) is 2.99. The molecule has 2 aromatic carbocycles. The first kappa shape index (κ1) is 21.1. The van der Waals surface area contributed by atoms with Crippen molar-refractivity contribution in [2.75, 3.05) is 56.7 Å². The van der Waals surface area contributed by atoms with Crippen LogP contribution in [0.1, 0.15) is 5.56 Å². The molecule has 0 atom stereocenters. The number of carbonyl (C=O) groups excluding carboxylic acids is 2. The fourth-order valence-electron chi connectivity index (χ4n) is 2.99. The highest BCUT2D eigenvalue weighted by Crippen LogP contribution is 2.19. The number of hydrogen-bond acceptors (Lipinski definition) is 6. The topological polar surface area (TPSA) is 94.9 Å². The van der Waals surface area contributed by atoms with Gasteiger partial charge in [-0.15, -0.1) is 0 Å². The molecule has 1 heterocycles. The van der Waals surface area contributed by atoms with Crippen LogP contribution in [0, 0.1) is 11.3 Å². The number of hydrogen-bond donors (Lipinski definition) is 1. The third-order valence-corrected chi connectivity index (χ3v) is 4.66. The van der Waals surface area contributed by atoms with Gasteiger partial charge in [-0.05, 0) is 42.5 Å². The number of carbonyl (C=O) groups is 2. The summed E-state index contributed by atoms with van der Waals surface area (Å²) in [5, 5.41) is 11.7. The van der Waals surface area contributed by atoms with Crippen molar-refractivity contribution in [2.24, 2.45) is 0 Å². The standard InChI is InChI=1S/C22H24N4O4/c1-25(22(28)16-30-20-4-2-3-17(13-20)14-23)15-21(27)24-18-5-7-19(8-6-18)26-9-11-29-12-10-26/h2-8,13H,9-12,15-16H2,1H3,(H,24,27). The average molecular weight is 408 g/mol. The zero-order valence-electron chi connectivity index (χ0n) is 16.8. The molecule has 0 unspecified atom stereocenters. The molecule has 1 saturated heterocycles. The van der Waals surface area contributed by atoms with Crippen LogP contribution in [0.3, 0.4) is 0 Å². The molecule has 0 bridgehead atoms. The number of nitrogens with zero attached hydrogens (tertiary/aromatic N) is 3. The summed E-state index contributed by atoms with van der Waals surface area (Å²) in [6, 6.07) is 16.2. The number of nitrogens with one attached hydrogen (secondary N) is 1. The zero-order chi connectivity index (χ0) is 21.3. The Morgan fingerprint density at radius 2 is 1.93 bits per heavy atom. The van der Waals surface area contributed by atoms with Crippen molar-refractivity contribution < 1.29 is 19.1 Å². The molecule has 0 saturated carbocycles. The first-order valence-electron chi connectivity index (χ1n) is 9.64. The molecule has 1 fully saturated rings. The molecule has 8 nitrogen and oxygen atoms in total. The number of nitriles is 1. The van der Waals surface area contributed by atoms with E-state index in [1.807, 2.05) is 30.3 Å². The van der Waals surface area contributed by atoms with E-state index in [0.717, 1.165) is 18.8 Å². The Labute approximate surface area is 175 Å². The van der Waals surface area contributed by atoms with E-state index in [1.54, 1.807) is 31.3 Å². The lowest BCUT2D eigenvalue weighted by Gasteiger charge is -2.28. The molecule has 1 N–H and O–H groups in total. The summed E-state index contributed by atoms with van der Waals surface area (Å²) in [7, 11) is 1.54. The molecule has 2 amide bonds. The summed E-state index contributed by atoms with van der Waals surface area (Å²) in [6.45, 7) is 2.82. The molecule has 0 radical (unpaired) electrons. The number of anilines is 2. The molecule has 1 aliphatic rings. The van der Waals surface area contributed by atoms with Crippen LogP contribution >= 0.6 is 0 Å². The largest absolute Gasteiger partial charge is 0.484 e. The first-order chi connectivity index (χ1) is 14.5. The van der Waals surface area contributed by atoms with E-state index in [0.29, 0.717) is 30.2 Å². The molecule has 0 aliphatic carbocycles. The van der Waals surface area contributed by atoms with Gasteiger partial charge in [-0.2, -0.15) is 5.26 Å². The summed E-state index contributed by atoms with van der Waals surface area (Å²) in [6.07, 6.45) is 0. The van der Waals surface area contributed by atoms with Crippen molar-refractivity contribution in [2.45, 2.75) is 0 Å². The molecule has 0 spiro atoms. The van der Waals surface area contributed by atoms with E-state index in [-0.39, 0.29) is 25.0 Å². The lowest BCUT2D eigenvalue weighted by atomic mass is 10.2. The van der Waals surface area contributed by atoms with Crippen molar-refractivity contribution in [3.8, 4) is 11.8 Å². The molecule has 2 aromatic rings. The van der Waals surface area contributed by atoms with Crippen LogP contribution in [0.5, 0.6) is 5.75 Å². The second kappa shape index (κ2) is 10.3. The van der Waals surface area contributed by atoms with Gasteiger partial charge in [0.25, 0.3) is 5.91 Å². The smallest absolute Gasteiger partial charge is 0.260 e. The number of likely N-dealkylation sites (N-methyl/N-ethyl adjacent to an activating group) is 1. The number of morpholine rings is 1. The van der Waals surface area contributed by atoms with E-state index in [9.17, 15) is 9.59 Å². The Kier molecular flexibility index (Phi) is 7.24. The Balaban J connectivity index is 1.45. The SMILES string of the molecule is CN(CC(=O)Nc1ccc(N2CCOCC2)cc1)C(=O)COc1cccc(C#N)c1. The third-order valence-electron chi connectivity index (χ3n) is 4.66. The minimum absolute atomic E-state index is 0.0916. The van der Waals surface area contributed by atoms with E-state index in [2.05, 4.69) is 10.2 Å². The van der Waals surface area contributed by atoms with Crippen LogP contribution in [-0.4, -0.2) is 63.2 Å². The molecule has 3 rings (SSSR count). The van der Waals surface area contributed by atoms with Gasteiger partial charge >= 0.3 is 0 Å². The van der Waals surface area contributed by atoms with Gasteiger partial charge in [0, 0.05) is 31.5 Å². The summed E-state index contributed by atoms with van der Waals surface area (Å²) in [4.78, 5) is 28.0. The van der Waals surface area contributed by atoms with Crippen molar-refractivity contribution in [1.82, 2.24) is 4.90 Å². The van der Waals surface area contributed by atoms with Gasteiger partial charge in [-0.1, -0.05) is 6.07 Å². The number of ether oxygens (including phenoxy) is 2. The van der Waals surface area contributed by atoms with Crippen LogP contribution in [0.2, 0.25) is 0 Å². The normalized spacial score (nSPS) is 13.3. The van der Waals surface area contributed by atoms with Gasteiger partial charge in [0.2, 0.25) is 5.91 Å². The lowest BCUT2D eigenvalue weighted by molar-refractivity contribution is -0.135. The van der Waals surface area contributed by atoms with Crippen LogP contribution in [0.4, 0.5) is 11.4 Å². The molecule has 1 aliphatic heterocycles. The van der Waals surface area contributed by atoms with Gasteiger partial charge in [0.05, 0.1) is 31.4 Å². The van der Waals surface area contributed by atoms with Crippen LogP contribution in [-0.2, 0) is 14.3 Å². The van der Waals surface area contributed by atoms with Gasteiger partial charge in [0.15, 0.2) is 6.61 Å². The van der Waals surface area contributed by atoms with Crippen LogP contribution in [0.25, 0.3) is 0 Å². The molecular formula is C22H24N4O4. The number of amides is 2. The summed E-state index contributed by atoms with van der Waals surface area (Å²) < 4.78 is 10.8. The van der Waals surface area contributed by atoms with Crippen LogP contribution < -0.4 is 15.0 Å². The van der Waals surface area contributed by atoms with Gasteiger partial charge in [-0.3, -0.25) is 9.59 Å². The quantitative estimate of drug-likeness (QED) is 0.752. The minimum atomic E-state index is -0.338. The van der Waals surface area contributed by atoms with Crippen molar-refractivity contribution >= 4 is 23.2 Å². The summed E-state index contributed by atoms with van der Waals surface area (Å²) in [5.74, 6) is -0.202. The van der Waals surface area contributed by atoms with Crippen molar-refractivity contribution in [3.05, 3.63) is 54.1 Å². The highest BCUT2D eigenvalue weighted by Gasteiger charge is 2.15. The van der Waals surface area contributed by atoms with Crippen LogP contribution in [0.15, 0.2) is 48.5 Å². The van der Waals surface area contributed by atoms with Crippen molar-refractivity contribution in [1.29, 1.82) is 5.26 Å². The predicted octanol–water partition coefficient (Wildman–Crippen LogP) is 1.87. The Bertz CT molecular complexity index is 917. The summed E-state index contributed by atoms with van der Waals surface area (Å²) in [5.41, 5.74) is 2.20. The van der Waals surface area contributed by atoms with Crippen molar-refractivity contribution in [3.63, 3.8) is 0 Å². The predicted molar refractivity (Wildman–Crippen MR) is 112 cm³/mol. The van der Waals surface area contributed by atoms with Gasteiger partial charge in [0.1, 0.15) is 5.75 Å². The zero-order valence-corrected chi connectivity index (χ0v) is 16.8. The highest BCUT2D eigenvalue weighted by atomic mass is 16.5. The molecule has 30 heavy (non-hydrogen) atoms. The van der Waals surface area contributed by atoms with Gasteiger partial charge < -0.3 is 24.6 Å². The summed E-state index contributed by atoms with van der Waals surface area (Å²) >= 11 is 0. The Morgan fingerprint density at radius 1 is 1.20 bits per heavy atom. The minimum Gasteiger partial charge on any atom is -0.484 e. The maximum Gasteiger partial charge on any atom is 0.260 e. The maximum absolute atomic E-state index is 12.3. The third kappa shape index (κ3) is 5.96. The molecule has 8 heteroatoms. The van der Waals surface area contributed by atoms with E-state index < -0.39 is 0 Å². The molecular weight excluding hydrogens is 384 g/mol. The Morgan fingerprint density at radius 3 is 2.63 bits per heavy atom. The van der Waals surface area contributed by atoms with E-state index in [1.165, 1.54) is 4.90 Å². The van der Waals surface area contributed by atoms with Gasteiger partial charge in [-0.25, -0.2) is 0 Å². The number of rotatable bonds is 7. The second-order valence-corrected chi connectivity index (χ2v) is 6.87. The van der Waals surface area contributed by atoms with E-state index >= 15 is 0 Å². The maximum atomic E-state index is 12.3. The fraction of sp³-hybridized carbons (Fsp3) is 0.318. The molecule has 156 valence electrons. The second-order valence-electron chi connectivity index (χ2n) is 6.87. The Hall–Kier alpha value is -3.57. The highest BCUT2D eigenvalue weighted by molar-refractivity contribution is 5.94. The average Bonchev–Trinajstić information content (AvgIpc) is 2.78. The lowest BCUT2D eigenvalue weighted by Crippen LogP contribution is -2.37. The number of benzene rings is 2.